The molecule has 0 bridgehead atoms. The minimum Gasteiger partial charge on any atom is -0.351 e. The fraction of sp³-hybridized carbons (Fsp3) is 0.462. The van der Waals surface area contributed by atoms with E-state index in [9.17, 15) is 13.2 Å². The molecule has 0 saturated carbocycles. The Bertz CT molecular complexity index is 623. The average molecular weight is 415 g/mol. The summed E-state index contributed by atoms with van der Waals surface area (Å²) in [6.45, 7) is 5.65. The summed E-state index contributed by atoms with van der Waals surface area (Å²) in [5.41, 5.74) is 0.642. The summed E-state index contributed by atoms with van der Waals surface area (Å²) in [5, 5.41) is 11.1. The van der Waals surface area contributed by atoms with Crippen molar-refractivity contribution in [1.82, 2.24) is 10.6 Å². The lowest BCUT2D eigenvalue weighted by Gasteiger charge is -2.12. The number of benzene rings is 1. The maximum Gasteiger partial charge on any atom is 0.251 e. The van der Waals surface area contributed by atoms with Gasteiger partial charge in [-0.15, -0.1) is 12.4 Å². The van der Waals surface area contributed by atoms with Crippen LogP contribution < -0.4 is 15.8 Å². The van der Waals surface area contributed by atoms with E-state index in [-0.39, 0.29) is 23.2 Å². The van der Waals surface area contributed by atoms with Crippen LogP contribution >= 0.6 is 28.3 Å². The molecule has 0 atom stereocenters. The van der Waals surface area contributed by atoms with E-state index in [4.69, 9.17) is 5.14 Å². The number of primary sulfonamides is 1. The van der Waals surface area contributed by atoms with E-state index in [2.05, 4.69) is 33.5 Å². The van der Waals surface area contributed by atoms with Crippen molar-refractivity contribution in [3.63, 3.8) is 0 Å². The summed E-state index contributed by atoms with van der Waals surface area (Å²) in [5.74, 6) is -0.322. The molecule has 0 aliphatic carbocycles. The zero-order valence-corrected chi connectivity index (χ0v) is 15.7. The molecule has 1 amide bonds. The number of hydrogen-bond acceptors (Lipinski definition) is 4. The summed E-state index contributed by atoms with van der Waals surface area (Å²) in [6, 6.07) is 2.98. The van der Waals surface area contributed by atoms with Gasteiger partial charge in [-0.05, 0) is 37.6 Å². The number of nitrogens with one attached hydrogen (secondary N) is 2. The van der Waals surface area contributed by atoms with Gasteiger partial charge in [0.15, 0.2) is 0 Å². The lowest BCUT2D eigenvalue weighted by Crippen LogP contribution is -2.32. The molecule has 0 spiro atoms. The summed E-state index contributed by atoms with van der Waals surface area (Å²) in [4.78, 5) is 12.1. The van der Waals surface area contributed by atoms with E-state index in [0.717, 1.165) is 13.0 Å². The van der Waals surface area contributed by atoms with E-state index >= 15 is 0 Å². The minimum atomic E-state index is -3.87. The molecule has 0 unspecified atom stereocenters. The van der Waals surface area contributed by atoms with Gasteiger partial charge in [-0.3, -0.25) is 4.79 Å². The van der Waals surface area contributed by atoms with Crippen molar-refractivity contribution < 1.29 is 13.2 Å². The SMILES string of the molecule is CCCNCCNC(=O)c1cc(Br)cc(S(N)(=O)=O)c1C.Cl. The number of carbonyl (C=O) groups is 1. The highest BCUT2D eigenvalue weighted by atomic mass is 79.9. The molecule has 4 N–H and O–H groups in total. The van der Waals surface area contributed by atoms with Crippen molar-refractivity contribution >= 4 is 44.3 Å². The van der Waals surface area contributed by atoms with Crippen LogP contribution in [0.25, 0.3) is 0 Å². The summed E-state index contributed by atoms with van der Waals surface area (Å²) >= 11 is 3.20. The highest BCUT2D eigenvalue weighted by Gasteiger charge is 2.19. The highest BCUT2D eigenvalue weighted by Crippen LogP contribution is 2.23. The quantitative estimate of drug-likeness (QED) is 0.589. The van der Waals surface area contributed by atoms with Gasteiger partial charge in [-0.1, -0.05) is 22.9 Å². The molecule has 9 heteroatoms. The van der Waals surface area contributed by atoms with E-state index in [1.165, 1.54) is 6.07 Å². The summed E-state index contributed by atoms with van der Waals surface area (Å²) in [6.07, 6.45) is 1.02. The van der Waals surface area contributed by atoms with Gasteiger partial charge in [-0.2, -0.15) is 0 Å². The van der Waals surface area contributed by atoms with Gasteiger partial charge in [0.2, 0.25) is 10.0 Å². The number of nitrogens with two attached hydrogens (primary N) is 1. The van der Waals surface area contributed by atoms with Gasteiger partial charge in [0, 0.05) is 23.1 Å². The number of sulfonamides is 1. The molecule has 0 saturated heterocycles. The number of halogens is 2. The molecule has 6 nitrogen and oxygen atoms in total. The lowest BCUT2D eigenvalue weighted by molar-refractivity contribution is 0.0953. The average Bonchev–Trinajstić information content (AvgIpc) is 2.39. The molecular formula is C13H21BrClN3O3S. The monoisotopic (exact) mass is 413 g/mol. The smallest absolute Gasteiger partial charge is 0.251 e. The Labute approximate surface area is 145 Å². The Hall–Kier alpha value is -0.670. The van der Waals surface area contributed by atoms with Gasteiger partial charge in [0.25, 0.3) is 5.91 Å². The third-order valence-electron chi connectivity index (χ3n) is 2.89. The molecule has 0 fully saturated rings. The molecule has 1 aromatic carbocycles. The molecular weight excluding hydrogens is 394 g/mol. The number of rotatable bonds is 7. The van der Waals surface area contributed by atoms with Gasteiger partial charge < -0.3 is 10.6 Å². The van der Waals surface area contributed by atoms with Crippen molar-refractivity contribution in [2.24, 2.45) is 5.14 Å². The van der Waals surface area contributed by atoms with Crippen LogP contribution in [0.2, 0.25) is 0 Å². The maximum absolute atomic E-state index is 12.1. The minimum absolute atomic E-state index is 0. The fourth-order valence-electron chi connectivity index (χ4n) is 1.85. The van der Waals surface area contributed by atoms with Crippen molar-refractivity contribution in [1.29, 1.82) is 0 Å². The van der Waals surface area contributed by atoms with E-state index in [1.54, 1.807) is 13.0 Å². The molecule has 0 heterocycles. The Morgan fingerprint density at radius 2 is 1.91 bits per heavy atom. The van der Waals surface area contributed by atoms with Crippen LogP contribution in [-0.4, -0.2) is 34.0 Å². The Morgan fingerprint density at radius 3 is 2.45 bits per heavy atom. The first-order valence-corrected chi connectivity index (χ1v) is 8.93. The number of amides is 1. The lowest BCUT2D eigenvalue weighted by atomic mass is 10.1. The van der Waals surface area contributed by atoms with E-state index < -0.39 is 10.0 Å². The van der Waals surface area contributed by atoms with Crippen LogP contribution in [0.4, 0.5) is 0 Å². The molecule has 1 aromatic rings. The summed E-state index contributed by atoms with van der Waals surface area (Å²) < 4.78 is 23.5. The van der Waals surface area contributed by atoms with Crippen LogP contribution in [0.3, 0.4) is 0 Å². The van der Waals surface area contributed by atoms with Crippen LogP contribution in [0.5, 0.6) is 0 Å². The van der Waals surface area contributed by atoms with Crippen molar-refractivity contribution in [2.45, 2.75) is 25.2 Å². The second-order valence-electron chi connectivity index (χ2n) is 4.63. The van der Waals surface area contributed by atoms with Crippen molar-refractivity contribution in [2.75, 3.05) is 19.6 Å². The van der Waals surface area contributed by atoms with Gasteiger partial charge >= 0.3 is 0 Å². The Morgan fingerprint density at radius 1 is 1.27 bits per heavy atom. The van der Waals surface area contributed by atoms with Crippen LogP contribution in [0, 0.1) is 6.92 Å². The van der Waals surface area contributed by atoms with E-state index in [0.29, 0.717) is 28.7 Å². The third-order valence-corrected chi connectivity index (χ3v) is 4.39. The second kappa shape index (κ2) is 9.46. The van der Waals surface area contributed by atoms with Gasteiger partial charge in [0.1, 0.15) is 0 Å². The molecule has 0 aromatic heterocycles. The zero-order valence-electron chi connectivity index (χ0n) is 12.5. The standard InChI is InChI=1S/C13H20BrN3O3S.ClH/c1-3-4-16-5-6-17-13(18)11-7-10(14)8-12(9(11)2)21(15,19)20;/h7-8,16H,3-6H2,1-2H3,(H,17,18)(H2,15,19,20);1H. The Balaban J connectivity index is 0.00000441. The number of carbonyl (C=O) groups excluding carboxylic acids is 1. The van der Waals surface area contributed by atoms with Crippen LogP contribution in [0.1, 0.15) is 29.3 Å². The maximum atomic E-state index is 12.1. The first kappa shape index (κ1) is 21.3. The predicted molar refractivity (Wildman–Crippen MR) is 93.0 cm³/mol. The van der Waals surface area contributed by atoms with Crippen molar-refractivity contribution in [3.05, 3.63) is 27.7 Å². The molecule has 22 heavy (non-hydrogen) atoms. The molecule has 0 radical (unpaired) electrons. The largest absolute Gasteiger partial charge is 0.351 e. The fourth-order valence-corrected chi connectivity index (χ4v) is 3.28. The predicted octanol–water partition coefficient (Wildman–Crippen LogP) is 1.56. The molecule has 0 aliphatic heterocycles. The zero-order chi connectivity index (χ0) is 16.0. The topological polar surface area (TPSA) is 101 Å². The van der Waals surface area contributed by atoms with Crippen LogP contribution in [-0.2, 0) is 10.0 Å². The second-order valence-corrected chi connectivity index (χ2v) is 7.07. The number of hydrogen-bond donors (Lipinski definition) is 3. The third kappa shape index (κ3) is 6.21. The van der Waals surface area contributed by atoms with E-state index in [1.807, 2.05) is 0 Å². The Kier molecular flexibility index (Phi) is 9.18. The molecule has 1 rings (SSSR count). The van der Waals surface area contributed by atoms with Gasteiger partial charge in [-0.25, -0.2) is 13.6 Å². The molecule has 126 valence electrons. The van der Waals surface area contributed by atoms with Gasteiger partial charge in [0.05, 0.1) is 4.90 Å². The first-order chi connectivity index (χ1) is 9.77. The highest BCUT2D eigenvalue weighted by molar-refractivity contribution is 9.10. The van der Waals surface area contributed by atoms with Crippen LogP contribution in [0.15, 0.2) is 21.5 Å². The normalized spacial score (nSPS) is 10.9. The molecule has 0 aliphatic rings. The first-order valence-electron chi connectivity index (χ1n) is 6.59. The van der Waals surface area contributed by atoms with Crippen molar-refractivity contribution in [3.8, 4) is 0 Å². The summed E-state index contributed by atoms with van der Waals surface area (Å²) in [7, 11) is -3.87.